The van der Waals surface area contributed by atoms with Gasteiger partial charge in [-0.1, -0.05) is 0 Å². The number of carbonyl (C=O) groups excluding carboxylic acids is 1. The van der Waals surface area contributed by atoms with E-state index in [2.05, 4.69) is 9.97 Å². The standard InChI is InChI=1S/C19H17F3N4O3/c20-19(21,22)12-3-4-13-14(10-12)23-16(24-17(13)27)11-25-5-7-26(8-6-25)18(28)15-2-1-9-29-15/h1-4,9-10H,5-8,11H2,(H,23,24,27). The predicted molar refractivity (Wildman–Crippen MR) is 97.3 cm³/mol. The SMILES string of the molecule is O=C(c1ccco1)N1CCN(Cc2nc3cc(C(F)(F)F)ccc3c(=O)[nH]2)CC1. The van der Waals surface area contributed by atoms with Gasteiger partial charge in [-0.25, -0.2) is 4.98 Å². The van der Waals surface area contributed by atoms with Crippen LogP contribution in [0.3, 0.4) is 0 Å². The van der Waals surface area contributed by atoms with Crippen LogP contribution in [0.5, 0.6) is 0 Å². The molecule has 1 aliphatic heterocycles. The number of halogens is 3. The number of H-pyrrole nitrogens is 1. The Labute approximate surface area is 162 Å². The molecule has 1 N–H and O–H groups in total. The summed E-state index contributed by atoms with van der Waals surface area (Å²) in [4.78, 5) is 35.0. The van der Waals surface area contributed by atoms with E-state index in [0.29, 0.717) is 26.2 Å². The zero-order valence-corrected chi connectivity index (χ0v) is 15.2. The summed E-state index contributed by atoms with van der Waals surface area (Å²) < 4.78 is 43.9. The maximum atomic E-state index is 12.9. The fraction of sp³-hybridized carbons (Fsp3) is 0.316. The normalized spacial score (nSPS) is 15.8. The number of aromatic nitrogens is 2. The summed E-state index contributed by atoms with van der Waals surface area (Å²) in [6, 6.07) is 6.14. The molecule has 0 aliphatic carbocycles. The average molecular weight is 406 g/mol. The molecule has 1 amide bonds. The molecule has 3 aromatic rings. The van der Waals surface area contributed by atoms with Gasteiger partial charge < -0.3 is 14.3 Å². The molecule has 0 radical (unpaired) electrons. The lowest BCUT2D eigenvalue weighted by atomic mass is 10.1. The third kappa shape index (κ3) is 4.02. The molecule has 0 saturated carbocycles. The molecule has 10 heteroatoms. The number of nitrogens with one attached hydrogen (secondary N) is 1. The van der Waals surface area contributed by atoms with Gasteiger partial charge in [0.15, 0.2) is 5.76 Å². The molecule has 4 rings (SSSR count). The molecular weight excluding hydrogens is 389 g/mol. The van der Waals surface area contributed by atoms with E-state index in [1.54, 1.807) is 17.0 Å². The summed E-state index contributed by atoms with van der Waals surface area (Å²) in [6.07, 6.45) is -3.06. The lowest BCUT2D eigenvalue weighted by molar-refractivity contribution is -0.137. The second-order valence-corrected chi connectivity index (χ2v) is 6.79. The number of piperazine rings is 1. The molecule has 1 aromatic carbocycles. The van der Waals surface area contributed by atoms with Crippen LogP contribution in [0, 0.1) is 0 Å². The first-order chi connectivity index (χ1) is 13.8. The Balaban J connectivity index is 1.47. The highest BCUT2D eigenvalue weighted by Crippen LogP contribution is 2.30. The van der Waals surface area contributed by atoms with Crippen LogP contribution in [-0.4, -0.2) is 51.9 Å². The van der Waals surface area contributed by atoms with E-state index in [9.17, 15) is 22.8 Å². The Morgan fingerprint density at radius 2 is 1.93 bits per heavy atom. The molecular formula is C19H17F3N4O3. The second-order valence-electron chi connectivity index (χ2n) is 6.79. The van der Waals surface area contributed by atoms with Gasteiger partial charge in [0.2, 0.25) is 0 Å². The molecule has 1 saturated heterocycles. The van der Waals surface area contributed by atoms with Gasteiger partial charge >= 0.3 is 6.18 Å². The van der Waals surface area contributed by atoms with Crippen LogP contribution in [0.4, 0.5) is 13.2 Å². The first-order valence-corrected chi connectivity index (χ1v) is 8.96. The molecule has 29 heavy (non-hydrogen) atoms. The first kappa shape index (κ1) is 19.2. The molecule has 1 aliphatic rings. The van der Waals surface area contributed by atoms with Gasteiger partial charge in [-0.05, 0) is 30.3 Å². The van der Waals surface area contributed by atoms with Crippen molar-refractivity contribution >= 4 is 16.8 Å². The number of hydrogen-bond acceptors (Lipinski definition) is 5. The van der Waals surface area contributed by atoms with Crippen LogP contribution in [0.15, 0.2) is 45.8 Å². The lowest BCUT2D eigenvalue weighted by Gasteiger charge is -2.33. The number of furan rings is 1. The van der Waals surface area contributed by atoms with E-state index >= 15 is 0 Å². The maximum absolute atomic E-state index is 12.9. The van der Waals surface area contributed by atoms with Crippen LogP contribution < -0.4 is 5.56 Å². The van der Waals surface area contributed by atoms with Crippen molar-refractivity contribution in [3.05, 3.63) is 64.1 Å². The summed E-state index contributed by atoms with van der Waals surface area (Å²) in [5, 5.41) is 0.107. The van der Waals surface area contributed by atoms with Crippen molar-refractivity contribution in [3.63, 3.8) is 0 Å². The molecule has 0 atom stereocenters. The van der Waals surface area contributed by atoms with Gasteiger partial charge in [-0.15, -0.1) is 0 Å². The number of alkyl halides is 3. The smallest absolute Gasteiger partial charge is 0.416 e. The molecule has 1 fully saturated rings. The Morgan fingerprint density at radius 3 is 2.59 bits per heavy atom. The fourth-order valence-electron chi connectivity index (χ4n) is 3.32. The molecule has 152 valence electrons. The quantitative estimate of drug-likeness (QED) is 0.723. The molecule has 2 aromatic heterocycles. The number of fused-ring (bicyclic) bond motifs is 1. The molecule has 0 spiro atoms. The third-order valence-electron chi connectivity index (χ3n) is 4.85. The molecule has 0 unspecified atom stereocenters. The van der Waals surface area contributed by atoms with E-state index < -0.39 is 17.3 Å². The van der Waals surface area contributed by atoms with E-state index in [4.69, 9.17) is 4.42 Å². The maximum Gasteiger partial charge on any atom is 0.416 e. The summed E-state index contributed by atoms with van der Waals surface area (Å²) in [5.74, 6) is 0.374. The number of benzene rings is 1. The summed E-state index contributed by atoms with van der Waals surface area (Å²) in [5.41, 5.74) is -1.32. The van der Waals surface area contributed by atoms with Crippen molar-refractivity contribution in [2.24, 2.45) is 0 Å². The van der Waals surface area contributed by atoms with Crippen molar-refractivity contribution in [1.29, 1.82) is 0 Å². The van der Waals surface area contributed by atoms with Crippen molar-refractivity contribution in [3.8, 4) is 0 Å². The Hall–Kier alpha value is -3.14. The largest absolute Gasteiger partial charge is 0.459 e. The van der Waals surface area contributed by atoms with Gasteiger partial charge in [0.1, 0.15) is 5.82 Å². The van der Waals surface area contributed by atoms with Gasteiger partial charge in [0, 0.05) is 26.2 Å². The second kappa shape index (κ2) is 7.36. The minimum atomic E-state index is -4.50. The third-order valence-corrected chi connectivity index (χ3v) is 4.85. The summed E-state index contributed by atoms with van der Waals surface area (Å²) in [7, 11) is 0. The zero-order valence-electron chi connectivity index (χ0n) is 15.2. The van der Waals surface area contributed by atoms with Crippen LogP contribution >= 0.6 is 0 Å². The molecule has 0 bridgehead atoms. The molecule has 7 nitrogen and oxygen atoms in total. The van der Waals surface area contributed by atoms with Crippen LogP contribution in [0.25, 0.3) is 10.9 Å². The predicted octanol–water partition coefficient (Wildman–Crippen LogP) is 2.49. The van der Waals surface area contributed by atoms with E-state index in [0.717, 1.165) is 18.2 Å². The Morgan fingerprint density at radius 1 is 1.17 bits per heavy atom. The van der Waals surface area contributed by atoms with Gasteiger partial charge in [0.05, 0.1) is 29.3 Å². The fourth-order valence-corrected chi connectivity index (χ4v) is 3.32. The highest BCUT2D eigenvalue weighted by molar-refractivity contribution is 5.91. The number of nitrogens with zero attached hydrogens (tertiary/aromatic N) is 3. The van der Waals surface area contributed by atoms with E-state index in [-0.39, 0.29) is 34.9 Å². The van der Waals surface area contributed by atoms with Crippen LogP contribution in [0.2, 0.25) is 0 Å². The first-order valence-electron chi connectivity index (χ1n) is 8.96. The van der Waals surface area contributed by atoms with Gasteiger partial charge in [0.25, 0.3) is 11.5 Å². The minimum absolute atomic E-state index is 0.00482. The zero-order chi connectivity index (χ0) is 20.6. The minimum Gasteiger partial charge on any atom is -0.459 e. The van der Waals surface area contributed by atoms with Crippen molar-refractivity contribution < 1.29 is 22.4 Å². The summed E-state index contributed by atoms with van der Waals surface area (Å²) >= 11 is 0. The summed E-state index contributed by atoms with van der Waals surface area (Å²) in [6.45, 7) is 2.28. The van der Waals surface area contributed by atoms with Crippen molar-refractivity contribution in [1.82, 2.24) is 19.8 Å². The number of hydrogen-bond donors (Lipinski definition) is 1. The number of aromatic amines is 1. The highest BCUT2D eigenvalue weighted by atomic mass is 19.4. The van der Waals surface area contributed by atoms with Crippen LogP contribution in [-0.2, 0) is 12.7 Å². The average Bonchev–Trinajstić information content (AvgIpc) is 3.22. The number of amides is 1. The van der Waals surface area contributed by atoms with E-state index in [1.165, 1.54) is 6.26 Å². The van der Waals surface area contributed by atoms with Gasteiger partial charge in [-0.3, -0.25) is 14.5 Å². The topological polar surface area (TPSA) is 82.4 Å². The van der Waals surface area contributed by atoms with Gasteiger partial charge in [-0.2, -0.15) is 13.2 Å². The Bertz CT molecular complexity index is 1080. The van der Waals surface area contributed by atoms with Crippen LogP contribution in [0.1, 0.15) is 21.9 Å². The van der Waals surface area contributed by atoms with Crippen molar-refractivity contribution in [2.45, 2.75) is 12.7 Å². The van der Waals surface area contributed by atoms with E-state index in [1.807, 2.05) is 4.90 Å². The highest BCUT2D eigenvalue weighted by Gasteiger charge is 2.31. The lowest BCUT2D eigenvalue weighted by Crippen LogP contribution is -2.48. The monoisotopic (exact) mass is 406 g/mol. The number of carbonyl (C=O) groups is 1. The Kier molecular flexibility index (Phi) is 4.87. The molecule has 3 heterocycles. The number of rotatable bonds is 3. The van der Waals surface area contributed by atoms with Crippen molar-refractivity contribution in [2.75, 3.05) is 26.2 Å².